The van der Waals surface area contributed by atoms with Crippen LogP contribution in [0.1, 0.15) is 19.8 Å². The molecule has 1 saturated carbocycles. The molecule has 0 spiro atoms. The maximum Gasteiger partial charge on any atom is 0.250 e. The molecule has 19 heavy (non-hydrogen) atoms. The minimum absolute atomic E-state index is 0.101. The Morgan fingerprint density at radius 1 is 1.32 bits per heavy atom. The van der Waals surface area contributed by atoms with Gasteiger partial charge in [-0.15, -0.1) is 0 Å². The fraction of sp³-hybridized carbons (Fsp3) is 0.667. The lowest BCUT2D eigenvalue weighted by atomic mass is 10.1. The summed E-state index contributed by atoms with van der Waals surface area (Å²) in [7, 11) is 0. The van der Waals surface area contributed by atoms with Gasteiger partial charge in [0.1, 0.15) is 0 Å². The first-order valence-corrected chi connectivity index (χ1v) is 7.37. The summed E-state index contributed by atoms with van der Waals surface area (Å²) >= 11 is 0. The van der Waals surface area contributed by atoms with Crippen molar-refractivity contribution in [1.29, 1.82) is 0 Å². The molecule has 2 fully saturated rings. The summed E-state index contributed by atoms with van der Waals surface area (Å²) < 4.78 is 1.81. The van der Waals surface area contributed by atoms with E-state index in [-0.39, 0.29) is 5.56 Å². The van der Waals surface area contributed by atoms with Crippen molar-refractivity contribution in [2.75, 3.05) is 19.6 Å². The zero-order valence-corrected chi connectivity index (χ0v) is 11.6. The van der Waals surface area contributed by atoms with E-state index in [0.717, 1.165) is 32.1 Å². The van der Waals surface area contributed by atoms with Crippen molar-refractivity contribution in [1.82, 2.24) is 14.8 Å². The molecule has 0 aromatic carbocycles. The molecular weight excluding hydrogens is 238 g/mol. The fourth-order valence-corrected chi connectivity index (χ4v) is 2.96. The Balaban J connectivity index is 1.58. The van der Waals surface area contributed by atoms with E-state index < -0.39 is 0 Å². The van der Waals surface area contributed by atoms with E-state index in [1.54, 1.807) is 16.7 Å². The van der Waals surface area contributed by atoms with Gasteiger partial charge in [0.05, 0.1) is 0 Å². The third-order valence-electron chi connectivity index (χ3n) is 4.45. The molecule has 2 aliphatic rings. The average molecular weight is 261 g/mol. The molecule has 0 radical (unpaired) electrons. The second kappa shape index (κ2) is 5.47. The zero-order valence-electron chi connectivity index (χ0n) is 11.6. The van der Waals surface area contributed by atoms with E-state index in [4.69, 9.17) is 0 Å². The molecule has 3 rings (SSSR count). The Bertz CT molecular complexity index is 480. The highest BCUT2D eigenvalue weighted by atomic mass is 16.1. The van der Waals surface area contributed by atoms with Crippen molar-refractivity contribution in [3.05, 3.63) is 34.7 Å². The molecule has 1 aliphatic carbocycles. The van der Waals surface area contributed by atoms with Gasteiger partial charge in [-0.25, -0.2) is 0 Å². The van der Waals surface area contributed by atoms with Crippen molar-refractivity contribution < 1.29 is 0 Å². The molecule has 1 aromatic heterocycles. The van der Waals surface area contributed by atoms with E-state index in [1.807, 2.05) is 12.3 Å². The van der Waals surface area contributed by atoms with Crippen LogP contribution in [0, 0.1) is 5.92 Å². The normalized spacial score (nSPS) is 28.5. The Morgan fingerprint density at radius 3 is 2.89 bits per heavy atom. The van der Waals surface area contributed by atoms with E-state index in [1.165, 1.54) is 12.8 Å². The smallest absolute Gasteiger partial charge is 0.250 e. The van der Waals surface area contributed by atoms with Crippen LogP contribution in [-0.4, -0.2) is 41.2 Å². The highest BCUT2D eigenvalue weighted by molar-refractivity contribution is 4.95. The van der Waals surface area contributed by atoms with Crippen LogP contribution < -0.4 is 10.9 Å². The molecule has 1 N–H and O–H groups in total. The number of aromatic nitrogens is 1. The van der Waals surface area contributed by atoms with E-state index in [9.17, 15) is 4.79 Å². The van der Waals surface area contributed by atoms with Gasteiger partial charge in [0.15, 0.2) is 0 Å². The zero-order chi connectivity index (χ0) is 13.2. The van der Waals surface area contributed by atoms with Gasteiger partial charge in [-0.05, 0) is 31.7 Å². The van der Waals surface area contributed by atoms with Gasteiger partial charge in [0.2, 0.25) is 0 Å². The van der Waals surface area contributed by atoms with Crippen LogP contribution in [0.3, 0.4) is 0 Å². The molecule has 2 atom stereocenters. The first-order valence-electron chi connectivity index (χ1n) is 7.37. The van der Waals surface area contributed by atoms with Gasteiger partial charge in [-0.3, -0.25) is 9.69 Å². The predicted molar refractivity (Wildman–Crippen MR) is 76.3 cm³/mol. The first-order chi connectivity index (χ1) is 9.24. The molecule has 0 bridgehead atoms. The van der Waals surface area contributed by atoms with Crippen LogP contribution in [0.5, 0.6) is 0 Å². The number of hydrogen-bond acceptors (Lipinski definition) is 3. The molecule has 104 valence electrons. The molecule has 2 heterocycles. The molecule has 0 amide bonds. The van der Waals surface area contributed by atoms with Crippen molar-refractivity contribution in [2.45, 2.75) is 38.4 Å². The SMILES string of the molecule is CC1CNC(C2CC2)CN1CCn1ccccc1=O. The van der Waals surface area contributed by atoms with Gasteiger partial charge in [0.25, 0.3) is 5.56 Å². The van der Waals surface area contributed by atoms with Gasteiger partial charge in [0, 0.05) is 50.5 Å². The summed E-state index contributed by atoms with van der Waals surface area (Å²) in [6.07, 6.45) is 4.66. The largest absolute Gasteiger partial charge is 0.314 e. The summed E-state index contributed by atoms with van der Waals surface area (Å²) in [6.45, 7) is 6.24. The molecule has 4 heteroatoms. The van der Waals surface area contributed by atoms with E-state index >= 15 is 0 Å². The molecule has 4 nitrogen and oxygen atoms in total. The number of nitrogens with zero attached hydrogens (tertiary/aromatic N) is 2. The van der Waals surface area contributed by atoms with Crippen molar-refractivity contribution in [2.24, 2.45) is 5.92 Å². The minimum Gasteiger partial charge on any atom is -0.314 e. The summed E-state index contributed by atoms with van der Waals surface area (Å²) in [5, 5.41) is 3.66. The summed E-state index contributed by atoms with van der Waals surface area (Å²) in [4.78, 5) is 14.2. The quantitative estimate of drug-likeness (QED) is 0.876. The third kappa shape index (κ3) is 3.07. The minimum atomic E-state index is 0.101. The number of piperazine rings is 1. The number of nitrogens with one attached hydrogen (secondary N) is 1. The summed E-state index contributed by atoms with van der Waals surface area (Å²) in [6, 6.07) is 6.59. The monoisotopic (exact) mass is 261 g/mol. The second-order valence-corrected chi connectivity index (χ2v) is 5.93. The lowest BCUT2D eigenvalue weighted by Crippen LogP contribution is -2.56. The summed E-state index contributed by atoms with van der Waals surface area (Å²) in [5.74, 6) is 0.898. The Kier molecular flexibility index (Phi) is 3.71. The van der Waals surface area contributed by atoms with E-state index in [2.05, 4.69) is 17.1 Å². The standard InChI is InChI=1S/C15H23N3O/c1-12-10-16-14(13-5-6-13)11-18(12)9-8-17-7-3-2-4-15(17)19/h2-4,7,12-14,16H,5-6,8-11H2,1H3. The number of pyridine rings is 1. The maximum atomic E-state index is 11.7. The summed E-state index contributed by atoms with van der Waals surface area (Å²) in [5.41, 5.74) is 0.101. The average Bonchev–Trinajstić information content (AvgIpc) is 3.24. The van der Waals surface area contributed by atoms with Gasteiger partial charge < -0.3 is 9.88 Å². The van der Waals surface area contributed by atoms with Gasteiger partial charge in [-0.2, -0.15) is 0 Å². The van der Waals surface area contributed by atoms with Crippen LogP contribution in [0.15, 0.2) is 29.2 Å². The van der Waals surface area contributed by atoms with Crippen LogP contribution in [0.25, 0.3) is 0 Å². The second-order valence-electron chi connectivity index (χ2n) is 5.93. The number of hydrogen-bond donors (Lipinski definition) is 1. The molecule has 1 aromatic rings. The van der Waals surface area contributed by atoms with Crippen LogP contribution in [0.2, 0.25) is 0 Å². The Labute approximate surface area is 114 Å². The molecular formula is C15H23N3O. The fourth-order valence-electron chi connectivity index (χ4n) is 2.96. The topological polar surface area (TPSA) is 37.3 Å². The predicted octanol–water partition coefficient (Wildman–Crippen LogP) is 0.921. The molecule has 1 aliphatic heterocycles. The van der Waals surface area contributed by atoms with Crippen molar-refractivity contribution in [3.8, 4) is 0 Å². The van der Waals surface area contributed by atoms with Crippen LogP contribution in [-0.2, 0) is 6.54 Å². The van der Waals surface area contributed by atoms with Crippen LogP contribution >= 0.6 is 0 Å². The first kappa shape index (κ1) is 12.9. The molecule has 2 unspecified atom stereocenters. The van der Waals surface area contributed by atoms with Crippen LogP contribution in [0.4, 0.5) is 0 Å². The highest BCUT2D eigenvalue weighted by Crippen LogP contribution is 2.34. The lowest BCUT2D eigenvalue weighted by molar-refractivity contribution is 0.128. The van der Waals surface area contributed by atoms with E-state index in [0.29, 0.717) is 12.1 Å². The molecule has 1 saturated heterocycles. The maximum absolute atomic E-state index is 11.7. The van der Waals surface area contributed by atoms with Gasteiger partial charge >= 0.3 is 0 Å². The Hall–Kier alpha value is -1.13. The lowest BCUT2D eigenvalue weighted by Gasteiger charge is -2.39. The Morgan fingerprint density at radius 2 is 2.16 bits per heavy atom. The third-order valence-corrected chi connectivity index (χ3v) is 4.45. The highest BCUT2D eigenvalue weighted by Gasteiger charge is 2.35. The van der Waals surface area contributed by atoms with Gasteiger partial charge in [-0.1, -0.05) is 6.07 Å². The van der Waals surface area contributed by atoms with Crippen molar-refractivity contribution >= 4 is 0 Å². The van der Waals surface area contributed by atoms with Crippen molar-refractivity contribution in [3.63, 3.8) is 0 Å². The number of rotatable bonds is 4.